The Morgan fingerprint density at radius 1 is 1.21 bits per heavy atom. The van der Waals surface area contributed by atoms with E-state index in [0.717, 1.165) is 25.9 Å². The molecule has 0 aliphatic carbocycles. The number of amides is 2. The maximum atomic E-state index is 12.9. The minimum Gasteiger partial charge on any atom is -0.339 e. The van der Waals surface area contributed by atoms with Gasteiger partial charge in [-0.05, 0) is 38.2 Å². The number of nitrogens with zero attached hydrogens (tertiary/aromatic N) is 2. The fraction of sp³-hybridized carbons (Fsp3) is 0.526. The Kier molecular flexibility index (Phi) is 4.43. The van der Waals surface area contributed by atoms with Crippen molar-refractivity contribution < 1.29 is 9.59 Å². The monoisotopic (exact) mass is 327 g/mol. The van der Waals surface area contributed by atoms with Gasteiger partial charge in [0.25, 0.3) is 11.8 Å². The highest BCUT2D eigenvalue weighted by atomic mass is 16.2. The summed E-state index contributed by atoms with van der Waals surface area (Å²) >= 11 is 0. The Morgan fingerprint density at radius 3 is 2.50 bits per heavy atom. The molecular formula is C19H25N3O2. The van der Waals surface area contributed by atoms with Crippen LogP contribution in [0.3, 0.4) is 0 Å². The molecule has 5 heteroatoms. The summed E-state index contributed by atoms with van der Waals surface area (Å²) in [6, 6.07) is 7.43. The molecule has 24 heavy (non-hydrogen) atoms. The molecule has 2 amide bonds. The summed E-state index contributed by atoms with van der Waals surface area (Å²) in [5.74, 6) is 0.519. The first-order valence-electron chi connectivity index (χ1n) is 8.73. The summed E-state index contributed by atoms with van der Waals surface area (Å²) in [5, 5.41) is 2.88. The number of amidine groups is 1. The highest BCUT2D eigenvalue weighted by Crippen LogP contribution is 2.28. The number of benzene rings is 1. The van der Waals surface area contributed by atoms with Crippen molar-refractivity contribution in [3.8, 4) is 0 Å². The van der Waals surface area contributed by atoms with Gasteiger partial charge in [0.2, 0.25) is 0 Å². The number of piperidine rings is 1. The second-order valence-corrected chi connectivity index (χ2v) is 7.12. The Hall–Kier alpha value is -2.17. The summed E-state index contributed by atoms with van der Waals surface area (Å²) in [5.41, 5.74) is 0.550. The van der Waals surface area contributed by atoms with Crippen LogP contribution >= 0.6 is 0 Å². The first kappa shape index (κ1) is 16.7. The summed E-state index contributed by atoms with van der Waals surface area (Å²) in [7, 11) is 0. The van der Waals surface area contributed by atoms with Crippen LogP contribution in [-0.2, 0) is 4.79 Å². The molecule has 1 N–H and O–H groups in total. The maximum Gasteiger partial charge on any atom is 0.254 e. The van der Waals surface area contributed by atoms with E-state index in [-0.39, 0.29) is 17.7 Å². The number of hydrogen-bond acceptors (Lipinski definition) is 3. The fourth-order valence-corrected chi connectivity index (χ4v) is 3.21. The molecule has 0 saturated carbocycles. The van der Waals surface area contributed by atoms with Crippen molar-refractivity contribution in [1.82, 2.24) is 10.2 Å². The lowest BCUT2D eigenvalue weighted by atomic mass is 9.89. The maximum absolute atomic E-state index is 12.9. The largest absolute Gasteiger partial charge is 0.339 e. The number of carbonyl (C=O) groups is 2. The predicted octanol–water partition coefficient (Wildman–Crippen LogP) is 2.60. The first-order valence-corrected chi connectivity index (χ1v) is 8.73. The van der Waals surface area contributed by atoms with Crippen LogP contribution in [0.5, 0.6) is 0 Å². The van der Waals surface area contributed by atoms with E-state index in [2.05, 4.69) is 10.3 Å². The standard InChI is InChI=1S/C19H25N3O2/c1-13(2)19(3)18(24)20-16(21-19)14-9-5-6-10-15(14)17(23)22-11-7-4-8-12-22/h5-6,9-10,13H,4,7-8,11-12H2,1-3H3,(H,20,21,24). The molecule has 128 valence electrons. The minimum atomic E-state index is -0.781. The summed E-state index contributed by atoms with van der Waals surface area (Å²) in [4.78, 5) is 31.8. The second-order valence-electron chi connectivity index (χ2n) is 7.12. The average molecular weight is 327 g/mol. The van der Waals surface area contributed by atoms with Gasteiger partial charge in [0.1, 0.15) is 11.4 Å². The first-order chi connectivity index (χ1) is 11.4. The van der Waals surface area contributed by atoms with Gasteiger partial charge in [-0.1, -0.05) is 32.0 Å². The third-order valence-corrected chi connectivity index (χ3v) is 5.22. The Balaban J connectivity index is 1.95. The van der Waals surface area contributed by atoms with Crippen LogP contribution in [0.25, 0.3) is 0 Å². The zero-order valence-electron chi connectivity index (χ0n) is 14.6. The molecule has 0 aromatic heterocycles. The van der Waals surface area contributed by atoms with Crippen LogP contribution in [0.1, 0.15) is 56.0 Å². The van der Waals surface area contributed by atoms with Gasteiger partial charge in [0, 0.05) is 18.7 Å². The normalized spacial score (nSPS) is 24.1. The topological polar surface area (TPSA) is 61.8 Å². The lowest BCUT2D eigenvalue weighted by Crippen LogP contribution is -2.41. The average Bonchev–Trinajstić information content (AvgIpc) is 2.91. The van der Waals surface area contributed by atoms with Crippen molar-refractivity contribution in [1.29, 1.82) is 0 Å². The highest BCUT2D eigenvalue weighted by molar-refractivity contribution is 6.18. The molecular weight excluding hydrogens is 302 g/mol. The van der Waals surface area contributed by atoms with Crippen molar-refractivity contribution in [2.45, 2.75) is 45.6 Å². The Labute approximate surface area is 143 Å². The van der Waals surface area contributed by atoms with Crippen LogP contribution in [0.2, 0.25) is 0 Å². The van der Waals surface area contributed by atoms with Crippen LogP contribution in [0.4, 0.5) is 0 Å². The molecule has 1 aromatic rings. The SMILES string of the molecule is CC(C)C1(C)N=C(c2ccccc2C(=O)N2CCCCC2)NC1=O. The smallest absolute Gasteiger partial charge is 0.254 e. The predicted molar refractivity (Wildman–Crippen MR) is 94.1 cm³/mol. The van der Waals surface area contributed by atoms with Gasteiger partial charge < -0.3 is 10.2 Å². The van der Waals surface area contributed by atoms with E-state index in [4.69, 9.17) is 0 Å². The molecule has 5 nitrogen and oxygen atoms in total. The molecule has 3 rings (SSSR count). The number of aliphatic imine (C=N–C) groups is 1. The molecule has 0 radical (unpaired) electrons. The van der Waals surface area contributed by atoms with Crippen LogP contribution in [-0.4, -0.2) is 41.2 Å². The molecule has 0 bridgehead atoms. The fourth-order valence-electron chi connectivity index (χ4n) is 3.21. The molecule has 1 atom stereocenters. The van der Waals surface area contributed by atoms with Gasteiger partial charge in [0.05, 0.1) is 5.56 Å². The van der Waals surface area contributed by atoms with E-state index in [1.807, 2.05) is 49.9 Å². The van der Waals surface area contributed by atoms with Crippen molar-refractivity contribution in [2.75, 3.05) is 13.1 Å². The Morgan fingerprint density at radius 2 is 1.88 bits per heavy atom. The number of carbonyl (C=O) groups excluding carboxylic acids is 2. The van der Waals surface area contributed by atoms with Gasteiger partial charge in [0.15, 0.2) is 0 Å². The van der Waals surface area contributed by atoms with Crippen molar-refractivity contribution in [3.63, 3.8) is 0 Å². The second kappa shape index (κ2) is 6.38. The summed E-state index contributed by atoms with van der Waals surface area (Å²) in [6.45, 7) is 7.41. The third kappa shape index (κ3) is 2.83. The number of rotatable bonds is 3. The molecule has 1 aromatic carbocycles. The van der Waals surface area contributed by atoms with E-state index in [9.17, 15) is 9.59 Å². The van der Waals surface area contributed by atoms with E-state index >= 15 is 0 Å². The highest BCUT2D eigenvalue weighted by Gasteiger charge is 2.42. The number of likely N-dealkylation sites (tertiary alicyclic amines) is 1. The van der Waals surface area contributed by atoms with E-state index < -0.39 is 5.54 Å². The molecule has 2 aliphatic rings. The molecule has 1 fully saturated rings. The lowest BCUT2D eigenvalue weighted by molar-refractivity contribution is -0.124. The van der Waals surface area contributed by atoms with Crippen LogP contribution < -0.4 is 5.32 Å². The van der Waals surface area contributed by atoms with E-state index in [1.165, 1.54) is 6.42 Å². The minimum absolute atomic E-state index is 0.0281. The summed E-state index contributed by atoms with van der Waals surface area (Å²) < 4.78 is 0. The number of hydrogen-bond donors (Lipinski definition) is 1. The quantitative estimate of drug-likeness (QED) is 0.927. The van der Waals surface area contributed by atoms with Gasteiger partial charge in [-0.15, -0.1) is 0 Å². The molecule has 1 unspecified atom stereocenters. The zero-order valence-corrected chi connectivity index (χ0v) is 14.6. The molecule has 1 saturated heterocycles. The summed E-state index contributed by atoms with van der Waals surface area (Å²) in [6.07, 6.45) is 3.29. The van der Waals surface area contributed by atoms with E-state index in [0.29, 0.717) is 17.0 Å². The van der Waals surface area contributed by atoms with Crippen LogP contribution in [0.15, 0.2) is 29.3 Å². The molecule has 0 spiro atoms. The van der Waals surface area contributed by atoms with Crippen molar-refractivity contribution in [2.24, 2.45) is 10.9 Å². The zero-order chi connectivity index (χ0) is 17.3. The van der Waals surface area contributed by atoms with Gasteiger partial charge >= 0.3 is 0 Å². The Bertz CT molecular complexity index is 690. The number of nitrogens with one attached hydrogen (secondary N) is 1. The third-order valence-electron chi connectivity index (χ3n) is 5.22. The van der Waals surface area contributed by atoms with Crippen LogP contribution in [0, 0.1) is 5.92 Å². The van der Waals surface area contributed by atoms with Crippen molar-refractivity contribution in [3.05, 3.63) is 35.4 Å². The molecule has 2 heterocycles. The van der Waals surface area contributed by atoms with Crippen molar-refractivity contribution >= 4 is 17.6 Å². The van der Waals surface area contributed by atoms with Gasteiger partial charge in [-0.2, -0.15) is 0 Å². The van der Waals surface area contributed by atoms with Gasteiger partial charge in [-0.3, -0.25) is 14.6 Å². The van der Waals surface area contributed by atoms with E-state index in [1.54, 1.807) is 0 Å². The lowest BCUT2D eigenvalue weighted by Gasteiger charge is -2.27. The molecule has 2 aliphatic heterocycles. The van der Waals surface area contributed by atoms with Gasteiger partial charge in [-0.25, -0.2) is 0 Å².